The molecule has 70 valence electrons. The Balaban J connectivity index is 2.49. The molecule has 2 bridgehead atoms. The Morgan fingerprint density at radius 1 is 1.25 bits per heavy atom. The van der Waals surface area contributed by atoms with Crippen molar-refractivity contribution in [3.8, 4) is 0 Å². The summed E-state index contributed by atoms with van der Waals surface area (Å²) in [6.45, 7) is 6.57. The summed E-state index contributed by atoms with van der Waals surface area (Å²) in [5.74, 6) is 0. The topological polar surface area (TPSA) is 20.2 Å². The molecular weight excluding hydrogens is 172 g/mol. The largest absolute Gasteiger partial charge is 0.392 e. The van der Waals surface area contributed by atoms with Crippen LogP contribution in [0.15, 0.2) is 0 Å². The Hall–Kier alpha value is 0.250. The van der Waals surface area contributed by atoms with Crippen molar-refractivity contribution >= 4 is 11.6 Å². The normalized spacial score (nSPS) is 56.2. The Labute approximate surface area is 79.1 Å². The van der Waals surface area contributed by atoms with Gasteiger partial charge >= 0.3 is 0 Å². The van der Waals surface area contributed by atoms with Gasteiger partial charge in [-0.15, -0.1) is 11.6 Å². The van der Waals surface area contributed by atoms with Crippen molar-refractivity contribution in [2.45, 2.75) is 51.0 Å². The molecule has 0 unspecified atom stereocenters. The van der Waals surface area contributed by atoms with Crippen LogP contribution in [0.3, 0.4) is 0 Å². The highest BCUT2D eigenvalue weighted by Crippen LogP contribution is 2.70. The number of halogens is 1. The highest BCUT2D eigenvalue weighted by atomic mass is 35.5. The van der Waals surface area contributed by atoms with Crippen LogP contribution in [0.5, 0.6) is 0 Å². The van der Waals surface area contributed by atoms with E-state index in [0.717, 1.165) is 19.3 Å². The summed E-state index contributed by atoms with van der Waals surface area (Å²) in [5.41, 5.74) is 0.135. The molecule has 2 rings (SSSR count). The van der Waals surface area contributed by atoms with Gasteiger partial charge in [0.05, 0.1) is 11.0 Å². The van der Waals surface area contributed by atoms with E-state index >= 15 is 0 Å². The van der Waals surface area contributed by atoms with Crippen LogP contribution in [0, 0.1) is 10.8 Å². The van der Waals surface area contributed by atoms with Gasteiger partial charge in [0.1, 0.15) is 0 Å². The molecule has 0 saturated heterocycles. The van der Waals surface area contributed by atoms with E-state index in [1.54, 1.807) is 0 Å². The third-order valence-corrected chi connectivity index (χ3v) is 5.66. The molecule has 12 heavy (non-hydrogen) atoms. The standard InChI is InChI=1S/C10H17ClO/c1-8(2)9(3)4-5-10(8,11)6-7(9)12/h7,12H,4-6H2,1-3H3/t7-,9+,10-/m0/s1. The number of hydrogen-bond acceptors (Lipinski definition) is 1. The van der Waals surface area contributed by atoms with Gasteiger partial charge in [-0.3, -0.25) is 0 Å². The van der Waals surface area contributed by atoms with Crippen molar-refractivity contribution < 1.29 is 5.11 Å². The number of alkyl halides is 1. The number of hydrogen-bond donors (Lipinski definition) is 1. The molecule has 0 heterocycles. The van der Waals surface area contributed by atoms with E-state index in [4.69, 9.17) is 11.6 Å². The van der Waals surface area contributed by atoms with Crippen LogP contribution in [0.1, 0.15) is 40.0 Å². The van der Waals surface area contributed by atoms with Crippen LogP contribution in [-0.2, 0) is 0 Å². The lowest BCUT2D eigenvalue weighted by Crippen LogP contribution is -2.37. The van der Waals surface area contributed by atoms with E-state index in [9.17, 15) is 5.11 Å². The quantitative estimate of drug-likeness (QED) is 0.580. The van der Waals surface area contributed by atoms with Gasteiger partial charge in [0.25, 0.3) is 0 Å². The molecular formula is C10H17ClO. The molecule has 1 N–H and O–H groups in total. The fourth-order valence-corrected chi connectivity index (χ4v) is 3.52. The molecule has 0 aliphatic heterocycles. The van der Waals surface area contributed by atoms with E-state index in [0.29, 0.717) is 0 Å². The van der Waals surface area contributed by atoms with E-state index in [-0.39, 0.29) is 21.8 Å². The molecule has 2 fully saturated rings. The molecule has 2 heteroatoms. The summed E-state index contributed by atoms with van der Waals surface area (Å²) < 4.78 is 0. The van der Waals surface area contributed by atoms with Crippen LogP contribution < -0.4 is 0 Å². The summed E-state index contributed by atoms with van der Waals surface area (Å²) in [6, 6.07) is 0. The summed E-state index contributed by atoms with van der Waals surface area (Å²) in [4.78, 5) is -0.138. The van der Waals surface area contributed by atoms with Crippen LogP contribution in [0.2, 0.25) is 0 Å². The van der Waals surface area contributed by atoms with Gasteiger partial charge in [-0.25, -0.2) is 0 Å². The van der Waals surface area contributed by atoms with Crippen molar-refractivity contribution in [2.24, 2.45) is 10.8 Å². The van der Waals surface area contributed by atoms with Crippen LogP contribution in [-0.4, -0.2) is 16.1 Å². The number of fused-ring (bicyclic) bond motifs is 2. The first-order valence-corrected chi connectivity index (χ1v) is 5.08. The van der Waals surface area contributed by atoms with Gasteiger partial charge in [-0.05, 0) is 24.7 Å². The molecule has 2 aliphatic carbocycles. The highest BCUT2D eigenvalue weighted by Gasteiger charge is 2.68. The van der Waals surface area contributed by atoms with E-state index in [1.165, 1.54) is 0 Å². The molecule has 1 nitrogen and oxygen atoms in total. The van der Waals surface area contributed by atoms with Gasteiger partial charge < -0.3 is 5.11 Å². The lowest BCUT2D eigenvalue weighted by atomic mass is 9.70. The van der Waals surface area contributed by atoms with Gasteiger partial charge in [-0.2, -0.15) is 0 Å². The minimum absolute atomic E-state index is 0.0503. The third-order valence-electron chi connectivity index (χ3n) is 4.84. The predicted molar refractivity (Wildman–Crippen MR) is 50.3 cm³/mol. The maximum Gasteiger partial charge on any atom is 0.0616 e. The fourth-order valence-electron chi connectivity index (χ4n) is 3.07. The maximum absolute atomic E-state index is 9.90. The average molecular weight is 189 g/mol. The van der Waals surface area contributed by atoms with E-state index < -0.39 is 0 Å². The van der Waals surface area contributed by atoms with Crippen molar-refractivity contribution in [1.82, 2.24) is 0 Å². The average Bonchev–Trinajstić information content (AvgIpc) is 2.18. The minimum atomic E-state index is -0.196. The monoisotopic (exact) mass is 188 g/mol. The third kappa shape index (κ3) is 0.667. The number of aliphatic hydroxyl groups excluding tert-OH is 1. The molecule has 0 amide bonds. The van der Waals surface area contributed by atoms with Gasteiger partial charge in [0, 0.05) is 5.41 Å². The van der Waals surface area contributed by atoms with Crippen LogP contribution >= 0.6 is 11.6 Å². The van der Waals surface area contributed by atoms with Gasteiger partial charge in [0.2, 0.25) is 0 Å². The molecule has 0 radical (unpaired) electrons. The summed E-state index contributed by atoms with van der Waals surface area (Å²) >= 11 is 6.51. The van der Waals surface area contributed by atoms with Gasteiger partial charge in [-0.1, -0.05) is 20.8 Å². The fraction of sp³-hybridized carbons (Fsp3) is 1.00. The molecule has 0 aromatic heterocycles. The molecule has 3 atom stereocenters. The zero-order chi connectivity index (χ0) is 9.20. The van der Waals surface area contributed by atoms with Crippen molar-refractivity contribution in [2.75, 3.05) is 0 Å². The summed E-state index contributed by atoms with van der Waals surface area (Å²) in [6.07, 6.45) is 2.72. The van der Waals surface area contributed by atoms with E-state index in [2.05, 4.69) is 20.8 Å². The molecule has 0 spiro atoms. The van der Waals surface area contributed by atoms with Crippen molar-refractivity contribution in [1.29, 1.82) is 0 Å². The van der Waals surface area contributed by atoms with Crippen molar-refractivity contribution in [3.05, 3.63) is 0 Å². The lowest BCUT2D eigenvalue weighted by molar-refractivity contribution is 0.0128. The second kappa shape index (κ2) is 2.01. The number of rotatable bonds is 0. The zero-order valence-corrected chi connectivity index (χ0v) is 8.78. The highest BCUT2D eigenvalue weighted by molar-refractivity contribution is 6.25. The molecule has 0 aromatic carbocycles. The second-order valence-corrected chi connectivity index (χ2v) is 5.95. The Morgan fingerprint density at radius 3 is 2.00 bits per heavy atom. The van der Waals surface area contributed by atoms with Crippen molar-refractivity contribution in [3.63, 3.8) is 0 Å². The Morgan fingerprint density at radius 2 is 1.83 bits per heavy atom. The molecule has 0 aromatic rings. The first-order chi connectivity index (χ1) is 5.33. The molecule has 2 saturated carbocycles. The van der Waals surface area contributed by atoms with Crippen LogP contribution in [0.25, 0.3) is 0 Å². The smallest absolute Gasteiger partial charge is 0.0616 e. The number of aliphatic hydroxyl groups is 1. The Bertz CT molecular complexity index is 223. The first-order valence-electron chi connectivity index (χ1n) is 4.70. The first kappa shape index (κ1) is 8.83. The minimum Gasteiger partial charge on any atom is -0.392 e. The van der Waals surface area contributed by atoms with Crippen LogP contribution in [0.4, 0.5) is 0 Å². The van der Waals surface area contributed by atoms with Gasteiger partial charge in [0.15, 0.2) is 0 Å². The Kier molecular flexibility index (Phi) is 1.48. The molecule has 2 aliphatic rings. The second-order valence-electron chi connectivity index (χ2n) is 5.23. The van der Waals surface area contributed by atoms with E-state index in [1.807, 2.05) is 0 Å². The SMILES string of the molecule is CC1(C)[C@]2(Cl)CC[C@]1(C)[C@@H](O)C2. The predicted octanol–water partition coefficient (Wildman–Crippen LogP) is 2.55. The maximum atomic E-state index is 9.90. The lowest BCUT2D eigenvalue weighted by Gasteiger charge is -2.38. The zero-order valence-electron chi connectivity index (χ0n) is 8.02. The summed E-state index contributed by atoms with van der Waals surface area (Å²) in [5, 5.41) is 9.90. The summed E-state index contributed by atoms with van der Waals surface area (Å²) in [7, 11) is 0.